The molecular formula is C32H50N7O10P. The van der Waals surface area contributed by atoms with Crippen molar-refractivity contribution in [3.8, 4) is 0 Å². The summed E-state index contributed by atoms with van der Waals surface area (Å²) >= 11 is 0. The van der Waals surface area contributed by atoms with Crippen LogP contribution in [-0.2, 0) is 42.4 Å². The molecule has 3 aliphatic rings. The third kappa shape index (κ3) is 8.56. The molecule has 5 rings (SSSR count). The Bertz CT molecular complexity index is 1560. The molecule has 0 bridgehead atoms. The topological polar surface area (TPSA) is 203 Å². The van der Waals surface area contributed by atoms with E-state index in [0.29, 0.717) is 28.8 Å². The van der Waals surface area contributed by atoms with Gasteiger partial charge in [-0.05, 0) is 65.2 Å². The fourth-order valence-electron chi connectivity index (χ4n) is 6.21. The average molecular weight is 724 g/mol. The maximum atomic E-state index is 14.8. The quantitative estimate of drug-likeness (QED) is 0.112. The van der Waals surface area contributed by atoms with Crippen LogP contribution in [0.25, 0.3) is 11.2 Å². The standard InChI is InChI=1S/C32H50N7O10P/c1-9-44-28(40)21(13-17(3)4)37-50(43,38-22(14-18(5)6)29(41)45-10-2)46-15-23-25-32(8,49-31(42)48-25)30(47-23)39-16-33-24-26(36-20-11-12-20)34-19(7)35-27(24)39/h16-18,20-23,25,30H,9-15H2,1-8H3,(H,34,35,36)(H2,37,38,43)/t21?,22?,23-,25+,30-,32?,50?/m1/s1. The average Bonchev–Trinajstić information content (AvgIpc) is 3.57. The highest BCUT2D eigenvalue weighted by Crippen LogP contribution is 2.49. The van der Waals surface area contributed by atoms with E-state index in [-0.39, 0.29) is 37.9 Å². The maximum Gasteiger partial charge on any atom is 0.509 e. The van der Waals surface area contributed by atoms with Gasteiger partial charge >= 0.3 is 25.8 Å². The first-order chi connectivity index (χ1) is 23.7. The van der Waals surface area contributed by atoms with E-state index in [1.54, 1.807) is 38.6 Å². The number of ether oxygens (including phenoxy) is 5. The van der Waals surface area contributed by atoms with Crippen LogP contribution in [0.15, 0.2) is 6.33 Å². The summed E-state index contributed by atoms with van der Waals surface area (Å²) in [5.41, 5.74) is -0.372. The lowest BCUT2D eigenvalue weighted by Gasteiger charge is -2.30. The number of aryl methyl sites for hydroxylation is 1. The minimum Gasteiger partial charge on any atom is -0.465 e. The Morgan fingerprint density at radius 2 is 1.64 bits per heavy atom. The summed E-state index contributed by atoms with van der Waals surface area (Å²) in [6, 6.07) is -1.76. The zero-order valence-electron chi connectivity index (χ0n) is 30.0. The highest BCUT2D eigenvalue weighted by atomic mass is 31.2. The van der Waals surface area contributed by atoms with Gasteiger partial charge in [0.1, 0.15) is 24.0 Å². The smallest absolute Gasteiger partial charge is 0.465 e. The predicted molar refractivity (Wildman–Crippen MR) is 180 cm³/mol. The number of aromatic nitrogens is 4. The second-order valence-corrected chi connectivity index (χ2v) is 15.8. The van der Waals surface area contributed by atoms with Crippen LogP contribution in [0.2, 0.25) is 0 Å². The molecule has 0 radical (unpaired) electrons. The van der Waals surface area contributed by atoms with Crippen molar-refractivity contribution in [1.29, 1.82) is 0 Å². The van der Waals surface area contributed by atoms with Crippen LogP contribution in [0.1, 0.15) is 86.2 Å². The maximum absolute atomic E-state index is 14.8. The lowest BCUT2D eigenvalue weighted by molar-refractivity contribution is -0.146. The molecule has 3 N–H and O–H groups in total. The number of imidazole rings is 1. The van der Waals surface area contributed by atoms with Gasteiger partial charge in [-0.2, -0.15) is 0 Å². The molecular weight excluding hydrogens is 673 g/mol. The van der Waals surface area contributed by atoms with Crippen LogP contribution in [0.5, 0.6) is 0 Å². The third-order valence-corrected chi connectivity index (χ3v) is 10.4. The second-order valence-electron chi connectivity index (χ2n) is 13.9. The summed E-state index contributed by atoms with van der Waals surface area (Å²) in [7, 11) is -4.28. The van der Waals surface area contributed by atoms with Crippen LogP contribution in [0.3, 0.4) is 0 Å². The van der Waals surface area contributed by atoms with E-state index in [1.807, 2.05) is 27.7 Å². The zero-order valence-corrected chi connectivity index (χ0v) is 30.9. The lowest BCUT2D eigenvalue weighted by atomic mass is 9.96. The Hall–Kier alpha value is -3.37. The minimum atomic E-state index is -4.28. The van der Waals surface area contributed by atoms with Gasteiger partial charge in [0, 0.05) is 6.04 Å². The van der Waals surface area contributed by atoms with E-state index >= 15 is 0 Å². The van der Waals surface area contributed by atoms with Gasteiger partial charge in [-0.3, -0.25) is 18.7 Å². The van der Waals surface area contributed by atoms with Gasteiger partial charge in [-0.15, -0.1) is 0 Å². The van der Waals surface area contributed by atoms with Crippen LogP contribution >= 0.6 is 7.67 Å². The van der Waals surface area contributed by atoms with E-state index in [9.17, 15) is 18.9 Å². The molecule has 2 aliphatic heterocycles. The molecule has 0 aromatic carbocycles. The van der Waals surface area contributed by atoms with Gasteiger partial charge in [0.25, 0.3) is 0 Å². The molecule has 50 heavy (non-hydrogen) atoms. The predicted octanol–water partition coefficient (Wildman–Crippen LogP) is 4.16. The number of nitrogens with zero attached hydrogens (tertiary/aromatic N) is 4. The van der Waals surface area contributed by atoms with Crippen molar-refractivity contribution in [3.63, 3.8) is 0 Å². The van der Waals surface area contributed by atoms with E-state index in [4.69, 9.17) is 28.2 Å². The Morgan fingerprint density at radius 1 is 1.04 bits per heavy atom. The Labute approximate surface area is 291 Å². The number of hydrogen-bond acceptors (Lipinski definition) is 14. The van der Waals surface area contributed by atoms with Gasteiger partial charge in [0.2, 0.25) is 0 Å². The van der Waals surface area contributed by atoms with Crippen molar-refractivity contribution in [2.45, 2.75) is 123 Å². The fraction of sp³-hybridized carbons (Fsp3) is 0.750. The molecule has 17 nitrogen and oxygen atoms in total. The first-order valence-corrected chi connectivity index (χ1v) is 18.9. The molecule has 2 saturated heterocycles. The number of rotatable bonds is 18. The van der Waals surface area contributed by atoms with Gasteiger partial charge < -0.3 is 33.5 Å². The molecule has 4 heterocycles. The lowest BCUT2D eigenvalue weighted by Crippen LogP contribution is -2.46. The molecule has 1 saturated carbocycles. The van der Waals surface area contributed by atoms with Crippen molar-refractivity contribution in [1.82, 2.24) is 29.7 Å². The van der Waals surface area contributed by atoms with Gasteiger partial charge in [-0.1, -0.05) is 27.7 Å². The van der Waals surface area contributed by atoms with Crippen LogP contribution in [-0.4, -0.2) is 93.4 Å². The van der Waals surface area contributed by atoms with Gasteiger partial charge in [-0.25, -0.2) is 29.9 Å². The minimum absolute atomic E-state index is 0.00833. The van der Waals surface area contributed by atoms with E-state index < -0.39 is 68.5 Å². The highest BCUT2D eigenvalue weighted by Gasteiger charge is 2.64. The van der Waals surface area contributed by atoms with Crippen molar-refractivity contribution in [3.05, 3.63) is 12.2 Å². The Balaban J connectivity index is 1.45. The number of fused-ring (bicyclic) bond motifs is 2. The summed E-state index contributed by atoms with van der Waals surface area (Å²) in [6.45, 7) is 14.3. The molecule has 3 unspecified atom stereocenters. The summed E-state index contributed by atoms with van der Waals surface area (Å²) in [5.74, 6) is -0.115. The molecule has 2 aromatic heterocycles. The molecule has 2 aromatic rings. The molecule has 0 spiro atoms. The number of hydrogen-bond donors (Lipinski definition) is 3. The van der Waals surface area contributed by atoms with Crippen LogP contribution < -0.4 is 15.5 Å². The number of carbonyl (C=O) groups is 3. The number of esters is 2. The van der Waals surface area contributed by atoms with Gasteiger partial charge in [0.15, 0.2) is 34.9 Å². The molecule has 3 fully saturated rings. The van der Waals surface area contributed by atoms with Crippen molar-refractivity contribution >= 4 is 42.7 Å². The summed E-state index contributed by atoms with van der Waals surface area (Å²) in [6.07, 6.45) is 0.276. The second kappa shape index (κ2) is 15.5. The van der Waals surface area contributed by atoms with E-state index in [1.165, 1.54) is 0 Å². The largest absolute Gasteiger partial charge is 0.509 e. The third-order valence-electron chi connectivity index (χ3n) is 8.56. The summed E-state index contributed by atoms with van der Waals surface area (Å²) in [4.78, 5) is 52.4. The van der Waals surface area contributed by atoms with Crippen LogP contribution in [0.4, 0.5) is 10.6 Å². The fourth-order valence-corrected chi connectivity index (χ4v) is 8.03. The van der Waals surface area contributed by atoms with Crippen molar-refractivity contribution < 1.29 is 47.2 Å². The van der Waals surface area contributed by atoms with Crippen LogP contribution in [0, 0.1) is 18.8 Å². The monoisotopic (exact) mass is 723 g/mol. The highest BCUT2D eigenvalue weighted by molar-refractivity contribution is 7.54. The Kier molecular flexibility index (Phi) is 11.7. The van der Waals surface area contributed by atoms with E-state index in [0.717, 1.165) is 12.8 Å². The molecule has 18 heteroatoms. The molecule has 6 atom stereocenters. The molecule has 1 aliphatic carbocycles. The van der Waals surface area contributed by atoms with Crippen molar-refractivity contribution in [2.75, 3.05) is 25.1 Å². The van der Waals surface area contributed by atoms with Crippen molar-refractivity contribution in [2.24, 2.45) is 11.8 Å². The summed E-state index contributed by atoms with van der Waals surface area (Å²) < 4.78 is 50.9. The SMILES string of the molecule is CCOC(=O)C(CC(C)C)NP(=O)(NC(CC(C)C)C(=O)OCC)OC[C@H]1O[C@@H](n2cnc3c(NC4CC4)nc(C)nc32)C2(C)OC(=O)O[C@@H]12. The Morgan fingerprint density at radius 3 is 2.18 bits per heavy atom. The van der Waals surface area contributed by atoms with E-state index in [2.05, 4.69) is 30.4 Å². The normalized spacial score (nSPS) is 25.6. The van der Waals surface area contributed by atoms with Gasteiger partial charge in [0.05, 0.1) is 26.1 Å². The zero-order chi connectivity index (χ0) is 36.4. The number of nitrogens with one attached hydrogen (secondary N) is 3. The first kappa shape index (κ1) is 37.9. The molecule has 278 valence electrons. The number of anilines is 1. The summed E-state index contributed by atoms with van der Waals surface area (Å²) in [5, 5.41) is 9.09. The molecule has 0 amide bonds. The first-order valence-electron chi connectivity index (χ1n) is 17.3. The number of carbonyl (C=O) groups excluding carboxylic acids is 3.